The molecule has 1 aromatic rings. The maximum atomic E-state index is 13.7. The summed E-state index contributed by atoms with van der Waals surface area (Å²) in [5.74, 6) is 1.05. The summed E-state index contributed by atoms with van der Waals surface area (Å²) in [5, 5.41) is 2.77. The van der Waals surface area contributed by atoms with Gasteiger partial charge in [0, 0.05) is 19.5 Å². The second-order valence-electron chi connectivity index (χ2n) is 8.09. The highest BCUT2D eigenvalue weighted by Crippen LogP contribution is 2.44. The van der Waals surface area contributed by atoms with Crippen molar-refractivity contribution in [2.24, 2.45) is 0 Å². The van der Waals surface area contributed by atoms with E-state index in [1.165, 1.54) is 0 Å². The van der Waals surface area contributed by atoms with Gasteiger partial charge in [-0.15, -0.1) is 0 Å². The number of ether oxygens (including phenoxy) is 2. The quantitative estimate of drug-likeness (QED) is 0.886. The molecule has 4 rings (SSSR count). The molecule has 0 radical (unpaired) electrons. The lowest BCUT2D eigenvalue weighted by atomic mass is 9.77. The molecule has 1 spiro atoms. The molecule has 1 aliphatic carbocycles. The van der Waals surface area contributed by atoms with E-state index in [0.717, 1.165) is 56.4 Å². The van der Waals surface area contributed by atoms with Gasteiger partial charge in [-0.05, 0) is 43.4 Å². The van der Waals surface area contributed by atoms with Gasteiger partial charge in [-0.2, -0.15) is 0 Å². The summed E-state index contributed by atoms with van der Waals surface area (Å²) in [7, 11) is 1.66. The topological polar surface area (TPSA) is 67.9 Å². The van der Waals surface area contributed by atoms with Crippen LogP contribution >= 0.6 is 0 Å². The molecule has 146 valence electrons. The van der Waals surface area contributed by atoms with Crippen LogP contribution in [0.2, 0.25) is 0 Å². The molecular weight excluding hydrogens is 344 g/mol. The Balaban J connectivity index is 1.54. The number of rotatable bonds is 3. The van der Waals surface area contributed by atoms with Crippen molar-refractivity contribution in [2.75, 3.05) is 26.7 Å². The fraction of sp³-hybridized carbons (Fsp3) is 0.619. The van der Waals surface area contributed by atoms with Crippen LogP contribution in [0.25, 0.3) is 0 Å². The zero-order chi connectivity index (χ0) is 18.9. The molecule has 3 fully saturated rings. The van der Waals surface area contributed by atoms with E-state index in [4.69, 9.17) is 9.47 Å². The molecule has 1 N–H and O–H groups in total. The summed E-state index contributed by atoms with van der Waals surface area (Å²) in [6.45, 7) is 1.93. The lowest BCUT2D eigenvalue weighted by Gasteiger charge is -2.35. The average molecular weight is 372 g/mol. The number of nitrogens with zero attached hydrogens (tertiary/aromatic N) is 1. The molecule has 1 aromatic carbocycles. The van der Waals surface area contributed by atoms with Crippen molar-refractivity contribution < 1.29 is 19.1 Å². The number of carbonyl (C=O) groups is 2. The zero-order valence-corrected chi connectivity index (χ0v) is 16.0. The average Bonchev–Trinajstić information content (AvgIpc) is 3.27. The van der Waals surface area contributed by atoms with Crippen molar-refractivity contribution in [3.63, 3.8) is 0 Å². The lowest BCUT2D eigenvalue weighted by molar-refractivity contribution is -0.137. The predicted octanol–water partition coefficient (Wildman–Crippen LogP) is 3.00. The number of benzene rings is 1. The van der Waals surface area contributed by atoms with Gasteiger partial charge in [0.25, 0.3) is 0 Å². The Kier molecular flexibility index (Phi) is 4.74. The Labute approximate surface area is 160 Å². The number of carbonyl (C=O) groups excluding carboxylic acids is 2. The molecule has 1 saturated carbocycles. The van der Waals surface area contributed by atoms with Gasteiger partial charge < -0.3 is 19.7 Å². The van der Waals surface area contributed by atoms with Crippen molar-refractivity contribution in [3.05, 3.63) is 29.8 Å². The fourth-order valence-electron chi connectivity index (χ4n) is 4.97. The number of hydrogen-bond donors (Lipinski definition) is 1. The first kappa shape index (κ1) is 18.1. The van der Waals surface area contributed by atoms with Crippen molar-refractivity contribution in [2.45, 2.75) is 56.0 Å². The molecule has 0 bridgehead atoms. The smallest absolute Gasteiger partial charge is 0.407 e. The standard InChI is InChI=1S/C21H28N2O4/c1-26-17-7-5-16(6-8-17)21(10-2-3-11-21)18(24)23-13-4-9-20(12-14-23)15-22-19(25)27-20/h5-8H,2-4,9-15H2,1H3,(H,22,25). The Morgan fingerprint density at radius 1 is 1.07 bits per heavy atom. The first-order valence-corrected chi connectivity index (χ1v) is 9.98. The van der Waals surface area contributed by atoms with E-state index < -0.39 is 11.0 Å². The van der Waals surface area contributed by atoms with Gasteiger partial charge in [-0.25, -0.2) is 4.79 Å². The molecule has 6 nitrogen and oxygen atoms in total. The number of methoxy groups -OCH3 is 1. The number of hydrogen-bond acceptors (Lipinski definition) is 4. The van der Waals surface area contributed by atoms with E-state index in [1.54, 1.807) is 7.11 Å². The van der Waals surface area contributed by atoms with Gasteiger partial charge in [0.1, 0.15) is 11.4 Å². The predicted molar refractivity (Wildman–Crippen MR) is 101 cm³/mol. The van der Waals surface area contributed by atoms with Crippen LogP contribution < -0.4 is 10.1 Å². The highest BCUT2D eigenvalue weighted by Gasteiger charge is 2.47. The molecule has 2 amide bonds. The minimum absolute atomic E-state index is 0.236. The van der Waals surface area contributed by atoms with Gasteiger partial charge in [0.05, 0.1) is 19.1 Å². The molecule has 1 atom stereocenters. The summed E-state index contributed by atoms with van der Waals surface area (Å²) in [6, 6.07) is 7.99. The number of likely N-dealkylation sites (tertiary alicyclic amines) is 1. The van der Waals surface area contributed by atoms with Gasteiger partial charge in [0.15, 0.2) is 0 Å². The zero-order valence-electron chi connectivity index (χ0n) is 16.0. The normalized spacial score (nSPS) is 27.1. The third-order valence-corrected chi connectivity index (χ3v) is 6.56. The highest BCUT2D eigenvalue weighted by molar-refractivity contribution is 5.88. The number of alkyl carbamates (subject to hydrolysis) is 1. The van der Waals surface area contributed by atoms with Crippen LogP contribution in [0.15, 0.2) is 24.3 Å². The molecular formula is C21H28N2O4. The van der Waals surface area contributed by atoms with Crippen molar-refractivity contribution in [1.29, 1.82) is 0 Å². The van der Waals surface area contributed by atoms with Crippen LogP contribution in [-0.2, 0) is 14.9 Å². The third-order valence-electron chi connectivity index (χ3n) is 6.56. The number of amides is 2. The maximum absolute atomic E-state index is 13.7. The van der Waals surface area contributed by atoms with Crippen molar-refractivity contribution in [1.82, 2.24) is 10.2 Å². The third kappa shape index (κ3) is 3.26. The van der Waals surface area contributed by atoms with Crippen LogP contribution in [0.5, 0.6) is 5.75 Å². The van der Waals surface area contributed by atoms with E-state index in [2.05, 4.69) is 5.32 Å². The molecule has 2 heterocycles. The van der Waals surface area contributed by atoms with E-state index in [1.807, 2.05) is 29.2 Å². The Bertz CT molecular complexity index is 711. The molecule has 0 aromatic heterocycles. The highest BCUT2D eigenvalue weighted by atomic mass is 16.6. The van der Waals surface area contributed by atoms with Crippen LogP contribution in [0, 0.1) is 0 Å². The van der Waals surface area contributed by atoms with E-state index in [0.29, 0.717) is 19.5 Å². The minimum Gasteiger partial charge on any atom is -0.497 e. The lowest BCUT2D eigenvalue weighted by Crippen LogP contribution is -2.46. The van der Waals surface area contributed by atoms with Gasteiger partial charge in [-0.1, -0.05) is 25.0 Å². The molecule has 6 heteroatoms. The molecule has 2 saturated heterocycles. The second kappa shape index (κ2) is 7.06. The van der Waals surface area contributed by atoms with Crippen molar-refractivity contribution >= 4 is 12.0 Å². The summed E-state index contributed by atoms with van der Waals surface area (Å²) < 4.78 is 10.8. The molecule has 27 heavy (non-hydrogen) atoms. The summed E-state index contributed by atoms with van der Waals surface area (Å²) in [4.78, 5) is 27.2. The SMILES string of the molecule is COc1ccc(C2(C(=O)N3CCCC4(CC3)CNC(=O)O4)CCCC2)cc1. The first-order chi connectivity index (χ1) is 13.1. The van der Waals surface area contributed by atoms with Crippen LogP contribution in [0.3, 0.4) is 0 Å². The molecule has 3 aliphatic rings. The van der Waals surface area contributed by atoms with E-state index >= 15 is 0 Å². The first-order valence-electron chi connectivity index (χ1n) is 9.98. The Hall–Kier alpha value is -2.24. The maximum Gasteiger partial charge on any atom is 0.407 e. The summed E-state index contributed by atoms with van der Waals surface area (Å²) in [6.07, 6.45) is 6.00. The number of nitrogens with one attached hydrogen (secondary N) is 1. The Morgan fingerprint density at radius 3 is 2.44 bits per heavy atom. The van der Waals surface area contributed by atoms with Crippen LogP contribution in [0.1, 0.15) is 50.5 Å². The summed E-state index contributed by atoms with van der Waals surface area (Å²) >= 11 is 0. The fourth-order valence-corrected chi connectivity index (χ4v) is 4.97. The second-order valence-corrected chi connectivity index (χ2v) is 8.09. The monoisotopic (exact) mass is 372 g/mol. The van der Waals surface area contributed by atoms with Crippen LogP contribution in [-0.4, -0.2) is 49.2 Å². The Morgan fingerprint density at radius 2 is 1.81 bits per heavy atom. The van der Waals surface area contributed by atoms with Crippen LogP contribution in [0.4, 0.5) is 4.79 Å². The summed E-state index contributed by atoms with van der Waals surface area (Å²) in [5.41, 5.74) is 0.238. The molecule has 1 unspecified atom stereocenters. The van der Waals surface area contributed by atoms with Gasteiger partial charge >= 0.3 is 6.09 Å². The minimum atomic E-state index is -0.435. The van der Waals surface area contributed by atoms with E-state index in [-0.39, 0.29) is 12.0 Å². The van der Waals surface area contributed by atoms with Gasteiger partial charge in [0.2, 0.25) is 5.91 Å². The van der Waals surface area contributed by atoms with Crippen molar-refractivity contribution in [3.8, 4) is 5.75 Å². The largest absolute Gasteiger partial charge is 0.497 e. The van der Waals surface area contributed by atoms with Gasteiger partial charge in [-0.3, -0.25) is 4.79 Å². The molecule has 2 aliphatic heterocycles. The van der Waals surface area contributed by atoms with E-state index in [9.17, 15) is 9.59 Å².